The lowest BCUT2D eigenvalue weighted by atomic mass is 9.94. The van der Waals surface area contributed by atoms with Gasteiger partial charge in [0.25, 0.3) is 0 Å². The fourth-order valence-corrected chi connectivity index (χ4v) is 5.39. The Labute approximate surface area is 268 Å². The summed E-state index contributed by atoms with van der Waals surface area (Å²) in [5.74, 6) is 1.71. The molecule has 1 unspecified atom stereocenters. The zero-order valence-corrected chi connectivity index (χ0v) is 28.0. The maximum absolute atomic E-state index is 6.61. The summed E-state index contributed by atoms with van der Waals surface area (Å²) in [6.45, 7) is 11.0. The van der Waals surface area contributed by atoms with Crippen LogP contribution in [0.25, 0.3) is 22.3 Å². The Morgan fingerprint density at radius 3 is 1.75 bits per heavy atom. The van der Waals surface area contributed by atoms with Gasteiger partial charge in [-0.2, -0.15) is 0 Å². The van der Waals surface area contributed by atoms with Crippen LogP contribution in [-0.2, 0) is 9.47 Å². The fraction of sp³-hybridized carbons (Fsp3) is 0.550. The Kier molecular flexibility index (Phi) is 17.7. The highest BCUT2D eigenvalue weighted by atomic mass is 16.7. The summed E-state index contributed by atoms with van der Waals surface area (Å²) in [7, 11) is 0. The molecule has 3 aromatic rings. The van der Waals surface area contributed by atoms with Crippen molar-refractivity contribution in [2.75, 3.05) is 19.8 Å². The molecule has 4 heteroatoms. The first kappa shape index (κ1) is 35.7. The van der Waals surface area contributed by atoms with Crippen molar-refractivity contribution >= 4 is 0 Å². The molecule has 0 saturated heterocycles. The molecule has 0 saturated carbocycles. The Morgan fingerprint density at radius 2 is 1.07 bits per heavy atom. The molecule has 0 spiro atoms. The summed E-state index contributed by atoms with van der Waals surface area (Å²) in [6.07, 6.45) is 14.6. The van der Waals surface area contributed by atoms with E-state index in [4.69, 9.17) is 18.9 Å². The second-order valence-corrected chi connectivity index (χ2v) is 11.8. The van der Waals surface area contributed by atoms with Crippen molar-refractivity contribution in [1.29, 1.82) is 0 Å². The normalized spacial score (nSPS) is 12.6. The number of hydrogen-bond acceptors (Lipinski definition) is 4. The highest BCUT2D eigenvalue weighted by molar-refractivity contribution is 5.84. The van der Waals surface area contributed by atoms with Crippen LogP contribution < -0.4 is 9.47 Å². The largest absolute Gasteiger partial charge is 0.494 e. The molecule has 0 aliphatic rings. The van der Waals surface area contributed by atoms with Crippen LogP contribution in [0.5, 0.6) is 11.5 Å². The number of benzene rings is 3. The molecule has 0 heterocycles. The highest BCUT2D eigenvalue weighted by Crippen LogP contribution is 2.36. The lowest BCUT2D eigenvalue weighted by Gasteiger charge is -2.28. The van der Waals surface area contributed by atoms with Gasteiger partial charge in [0.1, 0.15) is 17.6 Å². The molecule has 0 radical (unpaired) electrons. The van der Waals surface area contributed by atoms with Gasteiger partial charge in [-0.25, -0.2) is 0 Å². The lowest BCUT2D eigenvalue weighted by Crippen LogP contribution is -2.37. The van der Waals surface area contributed by atoms with Crippen LogP contribution >= 0.6 is 0 Å². The van der Waals surface area contributed by atoms with Gasteiger partial charge in [-0.05, 0) is 72.2 Å². The Balaban J connectivity index is 1.79. The molecule has 0 aliphatic carbocycles. The van der Waals surface area contributed by atoms with Gasteiger partial charge >= 0.3 is 0 Å². The maximum atomic E-state index is 6.61. The van der Waals surface area contributed by atoms with Gasteiger partial charge in [0.2, 0.25) is 6.29 Å². The van der Waals surface area contributed by atoms with Gasteiger partial charge < -0.3 is 18.9 Å². The number of unbranched alkanes of at least 4 members (excludes halogenated alkanes) is 9. The van der Waals surface area contributed by atoms with Crippen molar-refractivity contribution in [1.82, 2.24) is 0 Å². The van der Waals surface area contributed by atoms with Crippen molar-refractivity contribution in [3.05, 3.63) is 72.8 Å². The Hall–Kier alpha value is -2.82. The molecule has 4 nitrogen and oxygen atoms in total. The predicted molar refractivity (Wildman–Crippen MR) is 186 cm³/mol. The first-order chi connectivity index (χ1) is 21.7. The summed E-state index contributed by atoms with van der Waals surface area (Å²) < 4.78 is 25.3. The average Bonchev–Trinajstić information content (AvgIpc) is 3.06. The predicted octanol–water partition coefficient (Wildman–Crippen LogP) is 11.7. The Bertz CT molecular complexity index is 1130. The smallest absolute Gasteiger partial charge is 0.226 e. The molecule has 0 aromatic heterocycles. The van der Waals surface area contributed by atoms with E-state index in [9.17, 15) is 0 Å². The van der Waals surface area contributed by atoms with E-state index < -0.39 is 6.29 Å². The van der Waals surface area contributed by atoms with Crippen LogP contribution in [0.2, 0.25) is 0 Å². The molecule has 0 aliphatic heterocycles. The van der Waals surface area contributed by atoms with Crippen molar-refractivity contribution in [3.63, 3.8) is 0 Å². The molecule has 3 aromatic carbocycles. The third-order valence-electron chi connectivity index (χ3n) is 8.08. The third kappa shape index (κ3) is 12.7. The maximum Gasteiger partial charge on any atom is 0.226 e. The fourth-order valence-electron chi connectivity index (χ4n) is 5.39. The van der Waals surface area contributed by atoms with E-state index in [0.29, 0.717) is 6.61 Å². The molecule has 0 amide bonds. The van der Waals surface area contributed by atoms with Gasteiger partial charge in [-0.15, -0.1) is 0 Å². The monoisotopic (exact) mass is 602 g/mol. The van der Waals surface area contributed by atoms with E-state index in [0.717, 1.165) is 74.4 Å². The van der Waals surface area contributed by atoms with Crippen LogP contribution in [0.4, 0.5) is 0 Å². The van der Waals surface area contributed by atoms with E-state index in [1.54, 1.807) is 0 Å². The second-order valence-electron chi connectivity index (χ2n) is 11.8. The van der Waals surface area contributed by atoms with E-state index in [-0.39, 0.29) is 6.10 Å². The zero-order valence-electron chi connectivity index (χ0n) is 28.0. The minimum atomic E-state index is -0.452. The average molecular weight is 603 g/mol. The number of rotatable bonds is 24. The molecule has 0 fully saturated rings. The molecule has 0 N–H and O–H groups in total. The van der Waals surface area contributed by atoms with E-state index in [2.05, 4.69) is 100 Å². The van der Waals surface area contributed by atoms with Gasteiger partial charge in [0.15, 0.2) is 0 Å². The van der Waals surface area contributed by atoms with Gasteiger partial charge in [0, 0.05) is 6.61 Å². The van der Waals surface area contributed by atoms with Gasteiger partial charge in [-0.1, -0.05) is 134 Å². The molecular weight excluding hydrogens is 544 g/mol. The third-order valence-corrected chi connectivity index (χ3v) is 8.08. The van der Waals surface area contributed by atoms with Crippen LogP contribution in [0.15, 0.2) is 72.8 Å². The van der Waals surface area contributed by atoms with E-state index >= 15 is 0 Å². The topological polar surface area (TPSA) is 36.9 Å². The number of ether oxygens (including phenoxy) is 4. The van der Waals surface area contributed by atoms with E-state index in [1.807, 2.05) is 0 Å². The standard InChI is InChI=1S/C40H58O4/c1-5-9-12-13-14-20-29-41-35-25-23-34(24-26-35)38-32-36(27-28-37(38)33-21-16-15-17-22-33)44-40(43-31-19-11-7-3)39(8-4)42-30-18-10-6-2/h15-17,21-28,32,39-40H,5-14,18-20,29-31H2,1-4H3/t39-,40?/m0/s1. The highest BCUT2D eigenvalue weighted by Gasteiger charge is 2.24. The molecule has 2 atom stereocenters. The molecule has 3 rings (SSSR count). The van der Waals surface area contributed by atoms with Crippen molar-refractivity contribution in [3.8, 4) is 33.8 Å². The summed E-state index contributed by atoms with van der Waals surface area (Å²) >= 11 is 0. The minimum absolute atomic E-state index is 0.117. The molecule has 0 bridgehead atoms. The Morgan fingerprint density at radius 1 is 0.500 bits per heavy atom. The second kappa shape index (κ2) is 21.8. The summed E-state index contributed by atoms with van der Waals surface area (Å²) in [5.41, 5.74) is 4.60. The van der Waals surface area contributed by atoms with Crippen molar-refractivity contribution in [2.45, 2.75) is 124 Å². The molecule has 242 valence electrons. The van der Waals surface area contributed by atoms with Crippen LogP contribution in [0.1, 0.15) is 111 Å². The van der Waals surface area contributed by atoms with Crippen molar-refractivity contribution < 1.29 is 18.9 Å². The lowest BCUT2D eigenvalue weighted by molar-refractivity contribution is -0.165. The van der Waals surface area contributed by atoms with Crippen LogP contribution in [0, 0.1) is 0 Å². The van der Waals surface area contributed by atoms with E-state index in [1.165, 1.54) is 56.1 Å². The quantitative estimate of drug-likeness (QED) is 0.0755. The first-order valence-corrected chi connectivity index (χ1v) is 17.5. The van der Waals surface area contributed by atoms with Crippen molar-refractivity contribution in [2.24, 2.45) is 0 Å². The first-order valence-electron chi connectivity index (χ1n) is 17.5. The minimum Gasteiger partial charge on any atom is -0.494 e. The summed E-state index contributed by atoms with van der Waals surface area (Å²) in [6, 6.07) is 25.4. The van der Waals surface area contributed by atoms with Gasteiger partial charge in [0.05, 0.1) is 13.2 Å². The van der Waals surface area contributed by atoms with Gasteiger partial charge in [-0.3, -0.25) is 0 Å². The molecule has 44 heavy (non-hydrogen) atoms. The van der Waals surface area contributed by atoms with Crippen LogP contribution in [0.3, 0.4) is 0 Å². The summed E-state index contributed by atoms with van der Waals surface area (Å²) in [4.78, 5) is 0. The SMILES string of the molecule is CCCCCCCCOc1ccc(-c2cc(OC(OCCCCC)[C@H](CC)OCCCCC)ccc2-c2ccccc2)cc1. The molecular formula is C40H58O4. The summed E-state index contributed by atoms with van der Waals surface area (Å²) in [5, 5.41) is 0. The van der Waals surface area contributed by atoms with Crippen LogP contribution in [-0.4, -0.2) is 32.2 Å². The zero-order chi connectivity index (χ0) is 31.2. The number of hydrogen-bond donors (Lipinski definition) is 0.